The van der Waals surface area contributed by atoms with Gasteiger partial charge in [-0.05, 0) is 74.0 Å². The zero-order chi connectivity index (χ0) is 24.6. The molecule has 2 aromatic rings. The molecule has 34 heavy (non-hydrogen) atoms. The highest BCUT2D eigenvalue weighted by Crippen LogP contribution is 2.29. The number of aliphatic hydroxyl groups excluding tert-OH is 1. The van der Waals surface area contributed by atoms with Crippen LogP contribution in [0.2, 0.25) is 0 Å². The van der Waals surface area contributed by atoms with Crippen molar-refractivity contribution in [2.45, 2.75) is 38.8 Å². The summed E-state index contributed by atoms with van der Waals surface area (Å²) in [6.45, 7) is 5.56. The number of rotatable bonds is 11. The number of nitrogens with one attached hydrogen (secondary N) is 1. The number of aryl methyl sites for hydroxylation is 1. The van der Waals surface area contributed by atoms with Crippen LogP contribution in [0.1, 0.15) is 35.1 Å². The number of aliphatic hydroxyl groups is 1. The van der Waals surface area contributed by atoms with Gasteiger partial charge in [0.1, 0.15) is 12.4 Å². The molecule has 1 saturated heterocycles. The molecule has 0 saturated carbocycles. The van der Waals surface area contributed by atoms with Crippen LogP contribution in [-0.2, 0) is 23.8 Å². The molecule has 0 spiro atoms. The molecule has 0 aromatic heterocycles. The Morgan fingerprint density at radius 1 is 1.15 bits per heavy atom. The lowest BCUT2D eigenvalue weighted by Crippen LogP contribution is -2.37. The minimum absolute atomic E-state index is 0.0424. The van der Waals surface area contributed by atoms with Crippen molar-refractivity contribution in [3.05, 3.63) is 64.7 Å². The standard InChI is InChI=1S/C26H33F3N2O3/c1-19-13-21(7-8-24(19)34-12-11-32)14-22(18-31-9-2-3-10-31)17-30-25(33)16-20-5-4-6-23(15-20)26(27,28)29/h4-8,13,15,22,32H,2-3,9-12,14,16-18H2,1H3,(H,30,33)/t22-/m1/s1. The number of likely N-dealkylation sites (tertiary alicyclic amines) is 1. The summed E-state index contributed by atoms with van der Waals surface area (Å²) in [4.78, 5) is 14.9. The second-order valence-corrected chi connectivity index (χ2v) is 8.93. The summed E-state index contributed by atoms with van der Waals surface area (Å²) in [5.41, 5.74) is 1.72. The number of carbonyl (C=O) groups is 1. The fourth-order valence-electron chi connectivity index (χ4n) is 4.38. The summed E-state index contributed by atoms with van der Waals surface area (Å²) in [6.07, 6.45) is -1.41. The number of carbonyl (C=O) groups excluding carboxylic acids is 1. The molecule has 0 unspecified atom stereocenters. The molecule has 1 aliphatic rings. The normalized spacial score (nSPS) is 15.3. The molecule has 1 amide bonds. The molecule has 3 rings (SSSR count). The van der Waals surface area contributed by atoms with Gasteiger partial charge in [0.25, 0.3) is 0 Å². The van der Waals surface area contributed by atoms with E-state index in [0.29, 0.717) is 12.1 Å². The van der Waals surface area contributed by atoms with Crippen molar-refractivity contribution in [1.82, 2.24) is 10.2 Å². The van der Waals surface area contributed by atoms with Crippen LogP contribution in [0.4, 0.5) is 13.2 Å². The minimum Gasteiger partial charge on any atom is -0.491 e. The van der Waals surface area contributed by atoms with Crippen LogP contribution < -0.4 is 10.1 Å². The number of amides is 1. The summed E-state index contributed by atoms with van der Waals surface area (Å²) in [6, 6.07) is 10.9. The van der Waals surface area contributed by atoms with E-state index in [-0.39, 0.29) is 31.5 Å². The van der Waals surface area contributed by atoms with Gasteiger partial charge >= 0.3 is 6.18 Å². The first-order valence-electron chi connectivity index (χ1n) is 11.7. The Morgan fingerprint density at radius 3 is 2.59 bits per heavy atom. The van der Waals surface area contributed by atoms with Gasteiger partial charge < -0.3 is 20.1 Å². The van der Waals surface area contributed by atoms with Gasteiger partial charge in [-0.1, -0.05) is 30.3 Å². The van der Waals surface area contributed by atoms with Crippen LogP contribution in [0.25, 0.3) is 0 Å². The summed E-state index contributed by atoms with van der Waals surface area (Å²) in [5.74, 6) is 0.630. The van der Waals surface area contributed by atoms with E-state index in [2.05, 4.69) is 16.3 Å². The van der Waals surface area contributed by atoms with E-state index in [0.717, 1.165) is 55.1 Å². The Morgan fingerprint density at radius 2 is 1.91 bits per heavy atom. The van der Waals surface area contributed by atoms with E-state index >= 15 is 0 Å². The van der Waals surface area contributed by atoms with Crippen molar-refractivity contribution in [1.29, 1.82) is 0 Å². The molecule has 8 heteroatoms. The average Bonchev–Trinajstić information content (AvgIpc) is 3.30. The first kappa shape index (κ1) is 26.0. The van der Waals surface area contributed by atoms with Crippen LogP contribution >= 0.6 is 0 Å². The van der Waals surface area contributed by atoms with Crippen molar-refractivity contribution in [2.24, 2.45) is 5.92 Å². The van der Waals surface area contributed by atoms with Gasteiger partial charge in [0.2, 0.25) is 5.91 Å². The third kappa shape index (κ3) is 8.02. The zero-order valence-corrected chi connectivity index (χ0v) is 19.5. The van der Waals surface area contributed by atoms with Gasteiger partial charge in [0, 0.05) is 13.1 Å². The van der Waals surface area contributed by atoms with Crippen molar-refractivity contribution in [2.75, 3.05) is 39.4 Å². The first-order chi connectivity index (χ1) is 16.2. The summed E-state index contributed by atoms with van der Waals surface area (Å²) >= 11 is 0. The van der Waals surface area contributed by atoms with E-state index in [1.54, 1.807) is 6.07 Å². The lowest BCUT2D eigenvalue weighted by atomic mass is 9.97. The molecule has 0 radical (unpaired) electrons. The van der Waals surface area contributed by atoms with Crippen molar-refractivity contribution < 1.29 is 27.8 Å². The second kappa shape index (κ2) is 12.2. The highest BCUT2D eigenvalue weighted by Gasteiger charge is 2.30. The van der Waals surface area contributed by atoms with Gasteiger partial charge in [0.15, 0.2) is 0 Å². The monoisotopic (exact) mass is 478 g/mol. The van der Waals surface area contributed by atoms with Crippen molar-refractivity contribution in [3.63, 3.8) is 0 Å². The lowest BCUT2D eigenvalue weighted by molar-refractivity contribution is -0.137. The molecule has 1 heterocycles. The van der Waals surface area contributed by atoms with Crippen LogP contribution in [0.15, 0.2) is 42.5 Å². The fourth-order valence-corrected chi connectivity index (χ4v) is 4.38. The maximum absolute atomic E-state index is 13.0. The Bertz CT molecular complexity index is 943. The van der Waals surface area contributed by atoms with Gasteiger partial charge in [-0.3, -0.25) is 4.79 Å². The van der Waals surface area contributed by atoms with Crippen LogP contribution in [0, 0.1) is 12.8 Å². The smallest absolute Gasteiger partial charge is 0.416 e. The number of ether oxygens (including phenoxy) is 1. The maximum atomic E-state index is 13.0. The molecule has 0 aliphatic carbocycles. The van der Waals surface area contributed by atoms with Gasteiger partial charge in [-0.15, -0.1) is 0 Å². The topological polar surface area (TPSA) is 61.8 Å². The molecule has 1 aliphatic heterocycles. The molecule has 1 fully saturated rings. The third-order valence-corrected chi connectivity index (χ3v) is 6.03. The number of benzene rings is 2. The van der Waals surface area contributed by atoms with Crippen molar-refractivity contribution in [3.8, 4) is 5.75 Å². The summed E-state index contributed by atoms with van der Waals surface area (Å²) in [7, 11) is 0. The highest BCUT2D eigenvalue weighted by atomic mass is 19.4. The Balaban J connectivity index is 1.61. The summed E-state index contributed by atoms with van der Waals surface area (Å²) < 4.78 is 44.4. The maximum Gasteiger partial charge on any atom is 0.416 e. The first-order valence-corrected chi connectivity index (χ1v) is 11.7. The van der Waals surface area contributed by atoms with E-state index in [9.17, 15) is 18.0 Å². The Kier molecular flexibility index (Phi) is 9.36. The molecule has 186 valence electrons. The fraction of sp³-hybridized carbons (Fsp3) is 0.500. The average molecular weight is 479 g/mol. The molecule has 2 aromatic carbocycles. The van der Waals surface area contributed by atoms with Crippen LogP contribution in [-0.4, -0.2) is 55.3 Å². The SMILES string of the molecule is Cc1cc(C[C@H](CNC(=O)Cc2cccc(C(F)(F)F)c2)CN2CCCC2)ccc1OCCO. The molecular weight excluding hydrogens is 445 g/mol. The van der Waals surface area contributed by atoms with Gasteiger partial charge in [-0.2, -0.15) is 13.2 Å². The largest absolute Gasteiger partial charge is 0.491 e. The number of alkyl halides is 3. The number of hydrogen-bond donors (Lipinski definition) is 2. The van der Waals surface area contributed by atoms with Gasteiger partial charge in [0.05, 0.1) is 18.6 Å². The van der Waals surface area contributed by atoms with Gasteiger partial charge in [-0.25, -0.2) is 0 Å². The third-order valence-electron chi connectivity index (χ3n) is 6.03. The number of hydrogen-bond acceptors (Lipinski definition) is 4. The molecule has 5 nitrogen and oxygen atoms in total. The molecule has 2 N–H and O–H groups in total. The number of nitrogens with zero attached hydrogens (tertiary/aromatic N) is 1. The molecular formula is C26H33F3N2O3. The van der Waals surface area contributed by atoms with E-state index in [1.165, 1.54) is 18.9 Å². The lowest BCUT2D eigenvalue weighted by Gasteiger charge is -2.24. The van der Waals surface area contributed by atoms with Crippen LogP contribution in [0.5, 0.6) is 5.75 Å². The van der Waals surface area contributed by atoms with Crippen molar-refractivity contribution >= 4 is 5.91 Å². The Hall–Kier alpha value is -2.58. The summed E-state index contributed by atoms with van der Waals surface area (Å²) in [5, 5.41) is 11.9. The second-order valence-electron chi connectivity index (χ2n) is 8.93. The number of halogens is 3. The van der Waals surface area contributed by atoms with Crippen LogP contribution in [0.3, 0.4) is 0 Å². The minimum atomic E-state index is -4.43. The van der Waals surface area contributed by atoms with E-state index < -0.39 is 11.7 Å². The van der Waals surface area contributed by atoms with E-state index in [1.807, 2.05) is 19.1 Å². The Labute approximate surface area is 198 Å². The quantitative estimate of drug-likeness (QED) is 0.513. The predicted molar refractivity (Wildman–Crippen MR) is 125 cm³/mol. The zero-order valence-electron chi connectivity index (χ0n) is 19.5. The highest BCUT2D eigenvalue weighted by molar-refractivity contribution is 5.78. The predicted octanol–water partition coefficient (Wildman–Crippen LogP) is 4.00. The van der Waals surface area contributed by atoms with E-state index in [4.69, 9.17) is 9.84 Å². The molecule has 1 atom stereocenters. The molecule has 0 bridgehead atoms.